The van der Waals surface area contributed by atoms with E-state index in [1.54, 1.807) is 11.0 Å². The highest BCUT2D eigenvalue weighted by atomic mass is 19.4. The number of amides is 1. The zero-order valence-corrected chi connectivity index (χ0v) is 15.0. The van der Waals surface area contributed by atoms with Crippen molar-refractivity contribution >= 4 is 11.7 Å². The van der Waals surface area contributed by atoms with Crippen molar-refractivity contribution in [1.29, 1.82) is 0 Å². The maximum atomic E-state index is 12.7. The van der Waals surface area contributed by atoms with Crippen molar-refractivity contribution in [1.82, 2.24) is 10.3 Å². The SMILES string of the molecule is CC(=O)N[C@@H](C)c1ccc(OC2CN(c3cccc(C(F)(F)F)n3)C2)cc1. The molecule has 0 spiro atoms. The molecule has 2 heterocycles. The molecule has 1 aliphatic rings. The molecule has 0 saturated carbocycles. The van der Waals surface area contributed by atoms with Crippen LogP contribution in [0.2, 0.25) is 0 Å². The molecule has 3 rings (SSSR count). The van der Waals surface area contributed by atoms with Crippen LogP contribution in [0.25, 0.3) is 0 Å². The van der Waals surface area contributed by atoms with Crippen molar-refractivity contribution in [2.24, 2.45) is 0 Å². The van der Waals surface area contributed by atoms with E-state index in [9.17, 15) is 18.0 Å². The van der Waals surface area contributed by atoms with E-state index in [1.807, 2.05) is 31.2 Å². The summed E-state index contributed by atoms with van der Waals surface area (Å²) < 4.78 is 44.1. The number of benzene rings is 1. The van der Waals surface area contributed by atoms with E-state index in [0.717, 1.165) is 11.6 Å². The number of pyridine rings is 1. The maximum absolute atomic E-state index is 12.7. The van der Waals surface area contributed by atoms with Crippen LogP contribution in [0.5, 0.6) is 5.75 Å². The number of alkyl halides is 3. The summed E-state index contributed by atoms with van der Waals surface area (Å²) in [6.07, 6.45) is -4.56. The summed E-state index contributed by atoms with van der Waals surface area (Å²) in [7, 11) is 0. The fraction of sp³-hybridized carbons (Fsp3) is 0.368. The minimum atomic E-state index is -4.45. The average Bonchev–Trinajstić information content (AvgIpc) is 2.57. The Balaban J connectivity index is 1.54. The number of hydrogen-bond acceptors (Lipinski definition) is 4. The monoisotopic (exact) mass is 379 g/mol. The van der Waals surface area contributed by atoms with E-state index < -0.39 is 11.9 Å². The Hall–Kier alpha value is -2.77. The largest absolute Gasteiger partial charge is 0.487 e. The highest BCUT2D eigenvalue weighted by molar-refractivity contribution is 5.73. The lowest BCUT2D eigenvalue weighted by Crippen LogP contribution is -2.54. The first-order chi connectivity index (χ1) is 12.7. The van der Waals surface area contributed by atoms with Gasteiger partial charge in [0.2, 0.25) is 5.91 Å². The fourth-order valence-electron chi connectivity index (χ4n) is 2.87. The van der Waals surface area contributed by atoms with Gasteiger partial charge in [0, 0.05) is 6.92 Å². The standard InChI is InChI=1S/C19H20F3N3O2/c1-12(23-13(2)26)14-6-8-15(9-7-14)27-16-10-25(11-16)18-5-3-4-17(24-18)19(20,21)22/h3-9,12,16H,10-11H2,1-2H3,(H,23,26)/t12-/m0/s1. The van der Waals surface area contributed by atoms with Gasteiger partial charge < -0.3 is 15.0 Å². The van der Waals surface area contributed by atoms with Crippen molar-refractivity contribution in [3.63, 3.8) is 0 Å². The van der Waals surface area contributed by atoms with Crippen LogP contribution in [0.3, 0.4) is 0 Å². The molecular formula is C19H20F3N3O2. The van der Waals surface area contributed by atoms with Crippen molar-refractivity contribution in [2.45, 2.75) is 32.2 Å². The second-order valence-electron chi connectivity index (χ2n) is 6.51. The van der Waals surface area contributed by atoms with Gasteiger partial charge in [0.25, 0.3) is 0 Å². The van der Waals surface area contributed by atoms with E-state index >= 15 is 0 Å². The number of nitrogens with zero attached hydrogens (tertiary/aromatic N) is 2. The predicted octanol–water partition coefficient (Wildman–Crippen LogP) is 3.57. The molecular weight excluding hydrogens is 359 g/mol. The third-order valence-corrected chi connectivity index (χ3v) is 4.30. The van der Waals surface area contributed by atoms with Gasteiger partial charge in [0.05, 0.1) is 19.1 Å². The number of carbonyl (C=O) groups excluding carboxylic acids is 1. The van der Waals surface area contributed by atoms with E-state index in [0.29, 0.717) is 24.7 Å². The minimum Gasteiger partial charge on any atom is -0.487 e. The first kappa shape index (κ1) is 19.0. The number of carbonyl (C=O) groups is 1. The molecule has 1 atom stereocenters. The molecule has 8 heteroatoms. The summed E-state index contributed by atoms with van der Waals surface area (Å²) in [6, 6.07) is 11.2. The predicted molar refractivity (Wildman–Crippen MR) is 94.5 cm³/mol. The fourth-order valence-corrected chi connectivity index (χ4v) is 2.87. The molecule has 1 aromatic heterocycles. The third-order valence-electron chi connectivity index (χ3n) is 4.30. The Morgan fingerprint density at radius 3 is 2.48 bits per heavy atom. The number of ether oxygens (including phenoxy) is 1. The van der Waals surface area contributed by atoms with Crippen LogP contribution in [0.4, 0.5) is 19.0 Å². The molecule has 1 aromatic carbocycles. The lowest BCUT2D eigenvalue weighted by molar-refractivity contribution is -0.141. The van der Waals surface area contributed by atoms with E-state index in [4.69, 9.17) is 4.74 Å². The molecule has 5 nitrogen and oxygen atoms in total. The van der Waals surface area contributed by atoms with Gasteiger partial charge in [-0.15, -0.1) is 0 Å². The molecule has 1 amide bonds. The zero-order chi connectivity index (χ0) is 19.6. The van der Waals surface area contributed by atoms with Crippen LogP contribution in [0, 0.1) is 0 Å². The zero-order valence-electron chi connectivity index (χ0n) is 15.0. The van der Waals surface area contributed by atoms with Crippen LogP contribution in [-0.4, -0.2) is 30.1 Å². The van der Waals surface area contributed by atoms with Gasteiger partial charge in [-0.05, 0) is 36.8 Å². The molecule has 0 aliphatic carbocycles. The van der Waals surface area contributed by atoms with Crippen LogP contribution >= 0.6 is 0 Å². The van der Waals surface area contributed by atoms with Crippen molar-refractivity contribution in [3.05, 3.63) is 53.7 Å². The summed E-state index contributed by atoms with van der Waals surface area (Å²) in [4.78, 5) is 16.5. The molecule has 1 N–H and O–H groups in total. The lowest BCUT2D eigenvalue weighted by atomic mass is 10.1. The summed E-state index contributed by atoms with van der Waals surface area (Å²) in [6.45, 7) is 4.30. The number of anilines is 1. The molecule has 0 unspecified atom stereocenters. The molecule has 0 radical (unpaired) electrons. The molecule has 1 aliphatic heterocycles. The van der Waals surface area contributed by atoms with Crippen molar-refractivity contribution in [2.75, 3.05) is 18.0 Å². The molecule has 2 aromatic rings. The van der Waals surface area contributed by atoms with E-state index in [-0.39, 0.29) is 18.1 Å². The summed E-state index contributed by atoms with van der Waals surface area (Å²) >= 11 is 0. The Labute approximate surface area is 155 Å². The van der Waals surface area contributed by atoms with Gasteiger partial charge in [-0.1, -0.05) is 18.2 Å². The van der Waals surface area contributed by atoms with Gasteiger partial charge in [-0.3, -0.25) is 4.79 Å². The molecule has 27 heavy (non-hydrogen) atoms. The van der Waals surface area contributed by atoms with Gasteiger partial charge in [-0.25, -0.2) is 4.98 Å². The average molecular weight is 379 g/mol. The highest BCUT2D eigenvalue weighted by Crippen LogP contribution is 2.30. The maximum Gasteiger partial charge on any atom is 0.433 e. The molecule has 144 valence electrons. The third kappa shape index (κ3) is 4.69. The lowest BCUT2D eigenvalue weighted by Gasteiger charge is -2.40. The first-order valence-corrected chi connectivity index (χ1v) is 8.55. The number of nitrogens with one attached hydrogen (secondary N) is 1. The van der Waals surface area contributed by atoms with E-state index in [1.165, 1.54) is 13.0 Å². The summed E-state index contributed by atoms with van der Waals surface area (Å²) in [5.41, 5.74) is 0.0641. The molecule has 1 saturated heterocycles. The van der Waals surface area contributed by atoms with Gasteiger partial charge in [0.1, 0.15) is 23.4 Å². The van der Waals surface area contributed by atoms with Gasteiger partial charge >= 0.3 is 6.18 Å². The Morgan fingerprint density at radius 2 is 1.89 bits per heavy atom. The smallest absolute Gasteiger partial charge is 0.433 e. The van der Waals surface area contributed by atoms with Gasteiger partial charge in [-0.2, -0.15) is 13.2 Å². The minimum absolute atomic E-state index is 0.0947. The topological polar surface area (TPSA) is 54.5 Å². The number of rotatable bonds is 5. The van der Waals surface area contributed by atoms with Crippen molar-refractivity contribution in [3.8, 4) is 5.75 Å². The van der Waals surface area contributed by atoms with E-state index in [2.05, 4.69) is 10.3 Å². The normalized spacial score (nSPS) is 15.8. The Bertz CT molecular complexity index is 803. The summed E-state index contributed by atoms with van der Waals surface area (Å²) in [5, 5.41) is 2.81. The number of aromatic nitrogens is 1. The number of halogens is 3. The van der Waals surface area contributed by atoms with Crippen molar-refractivity contribution < 1.29 is 22.7 Å². The van der Waals surface area contributed by atoms with Gasteiger partial charge in [0.15, 0.2) is 0 Å². The quantitative estimate of drug-likeness (QED) is 0.863. The van der Waals surface area contributed by atoms with Crippen LogP contribution in [0.1, 0.15) is 31.1 Å². The number of hydrogen-bond donors (Lipinski definition) is 1. The first-order valence-electron chi connectivity index (χ1n) is 8.55. The van der Waals surface area contributed by atoms with Crippen LogP contribution in [-0.2, 0) is 11.0 Å². The molecule has 0 bridgehead atoms. The Morgan fingerprint density at radius 1 is 1.22 bits per heavy atom. The second kappa shape index (κ2) is 7.46. The Kier molecular flexibility index (Phi) is 5.25. The molecule has 1 fully saturated rings. The second-order valence-corrected chi connectivity index (χ2v) is 6.51. The highest BCUT2D eigenvalue weighted by Gasteiger charge is 2.35. The van der Waals surface area contributed by atoms with Crippen LogP contribution < -0.4 is 15.0 Å². The summed E-state index contributed by atoms with van der Waals surface area (Å²) in [5.74, 6) is 0.875. The van der Waals surface area contributed by atoms with Crippen LogP contribution in [0.15, 0.2) is 42.5 Å².